The van der Waals surface area contributed by atoms with Crippen molar-refractivity contribution >= 4 is 5.91 Å². The second kappa shape index (κ2) is 7.32. The zero-order valence-electron chi connectivity index (χ0n) is 13.3. The number of likely N-dealkylation sites (N-methyl/N-ethyl adjacent to an activating group) is 1. The van der Waals surface area contributed by atoms with Crippen LogP contribution in [0.1, 0.15) is 24.6 Å². The Labute approximate surface area is 133 Å². The highest BCUT2D eigenvalue weighted by molar-refractivity contribution is 5.79. The summed E-state index contributed by atoms with van der Waals surface area (Å²) in [5, 5.41) is 6.74. The Morgan fingerprint density at radius 2 is 1.96 bits per heavy atom. The Morgan fingerprint density at radius 1 is 1.30 bits per heavy atom. The van der Waals surface area contributed by atoms with Crippen LogP contribution in [0.25, 0.3) is 0 Å². The first-order valence-electron chi connectivity index (χ1n) is 7.29. The molecule has 124 valence electrons. The van der Waals surface area contributed by atoms with Crippen molar-refractivity contribution in [2.45, 2.75) is 19.0 Å². The van der Waals surface area contributed by atoms with E-state index in [2.05, 4.69) is 10.4 Å². The van der Waals surface area contributed by atoms with Crippen molar-refractivity contribution in [1.29, 1.82) is 0 Å². The number of hydrogen-bond donors (Lipinski definition) is 1. The SMILES string of the molecule is C[C@@H](C(=O)NC[C@H](c1c(F)cccc1F)N(C)C)n1cccn1. The second-order valence-corrected chi connectivity index (χ2v) is 5.52. The third kappa shape index (κ3) is 3.92. The van der Waals surface area contributed by atoms with Gasteiger partial charge in [-0.3, -0.25) is 9.48 Å². The van der Waals surface area contributed by atoms with Gasteiger partial charge < -0.3 is 10.2 Å². The number of halogens is 2. The summed E-state index contributed by atoms with van der Waals surface area (Å²) in [6.45, 7) is 1.80. The molecule has 1 amide bonds. The molecule has 0 fully saturated rings. The number of hydrogen-bond acceptors (Lipinski definition) is 3. The van der Waals surface area contributed by atoms with Crippen molar-refractivity contribution in [2.75, 3.05) is 20.6 Å². The standard InChI is InChI=1S/C16H20F2N4O/c1-11(22-9-5-8-20-22)16(23)19-10-14(21(2)3)15-12(17)6-4-7-13(15)18/h4-9,11,14H,10H2,1-3H3,(H,19,23)/t11-,14+/m0/s1. The van der Waals surface area contributed by atoms with E-state index >= 15 is 0 Å². The van der Waals surface area contributed by atoms with Crippen LogP contribution in [0.4, 0.5) is 8.78 Å². The van der Waals surface area contributed by atoms with Gasteiger partial charge in [-0.1, -0.05) is 6.07 Å². The predicted molar refractivity (Wildman–Crippen MR) is 82.7 cm³/mol. The quantitative estimate of drug-likeness (QED) is 0.886. The number of carbonyl (C=O) groups excluding carboxylic acids is 1. The Kier molecular flexibility index (Phi) is 5.44. The van der Waals surface area contributed by atoms with Crippen molar-refractivity contribution in [3.8, 4) is 0 Å². The van der Waals surface area contributed by atoms with Crippen LogP contribution >= 0.6 is 0 Å². The van der Waals surface area contributed by atoms with Gasteiger partial charge in [-0.05, 0) is 39.2 Å². The van der Waals surface area contributed by atoms with E-state index in [0.29, 0.717) is 0 Å². The molecule has 0 radical (unpaired) electrons. The van der Waals surface area contributed by atoms with Gasteiger partial charge >= 0.3 is 0 Å². The van der Waals surface area contributed by atoms with Crippen LogP contribution in [-0.4, -0.2) is 41.2 Å². The molecule has 0 saturated heterocycles. The highest BCUT2D eigenvalue weighted by Crippen LogP contribution is 2.24. The van der Waals surface area contributed by atoms with Crippen molar-refractivity contribution in [1.82, 2.24) is 20.0 Å². The van der Waals surface area contributed by atoms with Crippen LogP contribution in [0, 0.1) is 11.6 Å². The monoisotopic (exact) mass is 322 g/mol. The van der Waals surface area contributed by atoms with Gasteiger partial charge in [0.15, 0.2) is 0 Å². The van der Waals surface area contributed by atoms with Crippen molar-refractivity contribution in [2.24, 2.45) is 0 Å². The predicted octanol–water partition coefficient (Wildman–Crippen LogP) is 2.14. The van der Waals surface area contributed by atoms with Gasteiger partial charge in [0.05, 0.1) is 6.04 Å². The maximum atomic E-state index is 14.0. The lowest BCUT2D eigenvalue weighted by Crippen LogP contribution is -2.38. The molecular formula is C16H20F2N4O. The van der Waals surface area contributed by atoms with E-state index in [1.807, 2.05) is 0 Å². The summed E-state index contributed by atoms with van der Waals surface area (Å²) >= 11 is 0. The molecule has 0 saturated carbocycles. The van der Waals surface area contributed by atoms with E-state index in [1.54, 1.807) is 44.4 Å². The molecule has 0 unspecified atom stereocenters. The number of benzene rings is 1. The average molecular weight is 322 g/mol. The Morgan fingerprint density at radius 3 is 2.48 bits per heavy atom. The molecule has 1 heterocycles. The van der Waals surface area contributed by atoms with Crippen molar-refractivity contribution in [3.05, 3.63) is 53.9 Å². The molecule has 0 aliphatic rings. The molecule has 2 atom stereocenters. The minimum atomic E-state index is -0.627. The minimum Gasteiger partial charge on any atom is -0.352 e. The number of aromatic nitrogens is 2. The first kappa shape index (κ1) is 17.1. The van der Waals surface area contributed by atoms with Gasteiger partial charge in [-0.25, -0.2) is 8.78 Å². The van der Waals surface area contributed by atoms with E-state index in [9.17, 15) is 13.6 Å². The van der Waals surface area contributed by atoms with E-state index in [0.717, 1.165) is 0 Å². The maximum absolute atomic E-state index is 14.0. The van der Waals surface area contributed by atoms with Crippen LogP contribution in [0.5, 0.6) is 0 Å². The Balaban J connectivity index is 2.10. The van der Waals surface area contributed by atoms with Crippen LogP contribution < -0.4 is 5.32 Å². The third-order valence-electron chi connectivity index (χ3n) is 3.73. The van der Waals surface area contributed by atoms with E-state index < -0.39 is 23.7 Å². The molecule has 0 spiro atoms. The fourth-order valence-electron chi connectivity index (χ4n) is 2.35. The molecule has 1 N–H and O–H groups in total. The van der Waals surface area contributed by atoms with Gasteiger partial charge in [-0.2, -0.15) is 5.10 Å². The van der Waals surface area contributed by atoms with Gasteiger partial charge in [-0.15, -0.1) is 0 Å². The van der Waals surface area contributed by atoms with Crippen molar-refractivity contribution in [3.63, 3.8) is 0 Å². The third-order valence-corrected chi connectivity index (χ3v) is 3.73. The van der Waals surface area contributed by atoms with Crippen molar-refractivity contribution < 1.29 is 13.6 Å². The van der Waals surface area contributed by atoms with Gasteiger partial charge in [0.1, 0.15) is 17.7 Å². The Hall–Kier alpha value is -2.28. The summed E-state index contributed by atoms with van der Waals surface area (Å²) in [6.07, 6.45) is 3.27. The van der Waals surface area contributed by atoms with Crippen LogP contribution in [0.3, 0.4) is 0 Å². The molecule has 1 aromatic heterocycles. The van der Waals surface area contributed by atoms with E-state index in [1.165, 1.54) is 22.9 Å². The van der Waals surface area contributed by atoms with Gasteiger partial charge in [0, 0.05) is 24.5 Å². The van der Waals surface area contributed by atoms with Gasteiger partial charge in [0.2, 0.25) is 5.91 Å². The smallest absolute Gasteiger partial charge is 0.244 e. The molecule has 5 nitrogen and oxygen atoms in total. The maximum Gasteiger partial charge on any atom is 0.244 e. The number of amides is 1. The lowest BCUT2D eigenvalue weighted by molar-refractivity contribution is -0.124. The molecule has 7 heteroatoms. The van der Waals surface area contributed by atoms with E-state index in [-0.39, 0.29) is 18.0 Å². The lowest BCUT2D eigenvalue weighted by Gasteiger charge is -2.26. The Bertz CT molecular complexity index is 638. The number of carbonyl (C=O) groups is 1. The molecule has 2 rings (SSSR count). The first-order chi connectivity index (χ1) is 10.9. The molecule has 0 bridgehead atoms. The number of nitrogens with zero attached hydrogens (tertiary/aromatic N) is 3. The molecule has 2 aromatic rings. The fraction of sp³-hybridized carbons (Fsp3) is 0.375. The van der Waals surface area contributed by atoms with Gasteiger partial charge in [0.25, 0.3) is 0 Å². The lowest BCUT2D eigenvalue weighted by atomic mass is 10.0. The number of nitrogens with one attached hydrogen (secondary N) is 1. The van der Waals surface area contributed by atoms with Crippen LogP contribution in [0.2, 0.25) is 0 Å². The first-order valence-corrected chi connectivity index (χ1v) is 7.29. The zero-order chi connectivity index (χ0) is 17.0. The summed E-state index contributed by atoms with van der Waals surface area (Å²) in [5.74, 6) is -1.52. The molecule has 1 aromatic carbocycles. The normalized spacial score (nSPS) is 13.8. The highest BCUT2D eigenvalue weighted by atomic mass is 19.1. The topological polar surface area (TPSA) is 50.2 Å². The van der Waals surface area contributed by atoms with E-state index in [4.69, 9.17) is 0 Å². The largest absolute Gasteiger partial charge is 0.352 e. The fourth-order valence-corrected chi connectivity index (χ4v) is 2.35. The number of rotatable bonds is 6. The highest BCUT2D eigenvalue weighted by Gasteiger charge is 2.24. The second-order valence-electron chi connectivity index (χ2n) is 5.52. The summed E-state index contributed by atoms with van der Waals surface area (Å²) in [7, 11) is 3.42. The molecule has 0 aliphatic carbocycles. The molecule has 23 heavy (non-hydrogen) atoms. The van der Waals surface area contributed by atoms with Crippen LogP contribution in [0.15, 0.2) is 36.7 Å². The summed E-state index contributed by atoms with van der Waals surface area (Å²) in [4.78, 5) is 13.9. The zero-order valence-corrected chi connectivity index (χ0v) is 13.3. The minimum absolute atomic E-state index is 0.0513. The summed E-state index contributed by atoms with van der Waals surface area (Å²) in [6, 6.07) is 4.36. The summed E-state index contributed by atoms with van der Waals surface area (Å²) in [5.41, 5.74) is -0.0513. The molecular weight excluding hydrogens is 302 g/mol. The molecule has 0 aliphatic heterocycles. The average Bonchev–Trinajstić information content (AvgIpc) is 3.02. The van der Waals surface area contributed by atoms with Crippen LogP contribution in [-0.2, 0) is 4.79 Å². The summed E-state index contributed by atoms with van der Waals surface area (Å²) < 4.78 is 29.5.